The lowest BCUT2D eigenvalue weighted by molar-refractivity contribution is -0.908. The summed E-state index contributed by atoms with van der Waals surface area (Å²) in [6.07, 6.45) is 4.44. The summed E-state index contributed by atoms with van der Waals surface area (Å²) in [7, 11) is 4.09. The Labute approximate surface area is 169 Å². The molecule has 1 saturated heterocycles. The van der Waals surface area contributed by atoms with Crippen LogP contribution < -0.4 is 26.0 Å². The molecule has 8 nitrogen and oxygen atoms in total. The molecule has 0 amide bonds. The minimum absolute atomic E-state index is 0.291. The van der Waals surface area contributed by atoms with Crippen molar-refractivity contribution in [2.45, 2.75) is 38.6 Å². The van der Waals surface area contributed by atoms with Crippen LogP contribution in [0.25, 0.3) is 0 Å². The number of anilines is 4. The molecule has 0 bridgehead atoms. The van der Waals surface area contributed by atoms with Crippen molar-refractivity contribution in [2.75, 3.05) is 61.9 Å². The standard InChI is InChI=1S/C19H28N6O2S/c1-4-25(3)11-9-24(10-12-25)19-22-21-18(28-19)23(2)15-14(16(26)17(15)27)20-13-7-5-6-8-13/h13H,4-12H2,1-3H3/p+1. The van der Waals surface area contributed by atoms with Gasteiger partial charge in [0.1, 0.15) is 11.4 Å². The Balaban J connectivity index is 1.48. The predicted octanol–water partition coefficient (Wildman–Crippen LogP) is 1.54. The zero-order valence-electron chi connectivity index (χ0n) is 16.9. The van der Waals surface area contributed by atoms with Crippen molar-refractivity contribution in [1.82, 2.24) is 10.2 Å². The Morgan fingerprint density at radius 3 is 2.50 bits per heavy atom. The van der Waals surface area contributed by atoms with E-state index in [4.69, 9.17) is 0 Å². The lowest BCUT2D eigenvalue weighted by Gasteiger charge is -2.41. The van der Waals surface area contributed by atoms with Gasteiger partial charge in [-0.05, 0) is 19.8 Å². The highest BCUT2D eigenvalue weighted by Crippen LogP contribution is 2.34. The Morgan fingerprint density at radius 2 is 1.86 bits per heavy atom. The van der Waals surface area contributed by atoms with E-state index in [1.165, 1.54) is 24.2 Å². The number of hydrogen-bond acceptors (Lipinski definition) is 8. The molecule has 9 heteroatoms. The Morgan fingerprint density at radius 1 is 1.18 bits per heavy atom. The molecule has 1 aliphatic heterocycles. The molecule has 152 valence electrons. The van der Waals surface area contributed by atoms with Gasteiger partial charge in [-0.1, -0.05) is 24.2 Å². The van der Waals surface area contributed by atoms with Crippen molar-refractivity contribution < 1.29 is 4.48 Å². The maximum Gasteiger partial charge on any atom is 0.253 e. The molecule has 0 radical (unpaired) electrons. The SMILES string of the molecule is CC[N+]1(C)CCN(c2nnc(N(C)c3c(NC4CCCC4)c(=O)c3=O)s2)CC1. The van der Waals surface area contributed by atoms with E-state index in [0.717, 1.165) is 55.2 Å². The number of nitrogens with zero attached hydrogens (tertiary/aromatic N) is 5. The number of rotatable bonds is 6. The highest BCUT2D eigenvalue weighted by atomic mass is 32.1. The summed E-state index contributed by atoms with van der Waals surface area (Å²) in [4.78, 5) is 28.3. The van der Waals surface area contributed by atoms with Crippen LogP contribution in [-0.4, -0.2) is 67.5 Å². The summed E-state index contributed by atoms with van der Waals surface area (Å²) in [6, 6.07) is 0.291. The van der Waals surface area contributed by atoms with Gasteiger partial charge in [-0.2, -0.15) is 0 Å². The predicted molar refractivity (Wildman–Crippen MR) is 114 cm³/mol. The molecule has 28 heavy (non-hydrogen) atoms. The number of quaternary nitrogens is 1. The molecule has 1 saturated carbocycles. The van der Waals surface area contributed by atoms with Crippen LogP contribution in [0.4, 0.5) is 21.6 Å². The van der Waals surface area contributed by atoms with Crippen LogP contribution in [0.1, 0.15) is 32.6 Å². The highest BCUT2D eigenvalue weighted by molar-refractivity contribution is 7.19. The first-order valence-electron chi connectivity index (χ1n) is 10.2. The molecule has 1 aromatic carbocycles. The first-order valence-corrected chi connectivity index (χ1v) is 11.0. The molecule has 1 aliphatic carbocycles. The average Bonchev–Trinajstić information content (AvgIpc) is 3.40. The normalized spacial score (nSPS) is 20.0. The largest absolute Gasteiger partial charge is 0.377 e. The van der Waals surface area contributed by atoms with Gasteiger partial charge in [0.2, 0.25) is 10.3 Å². The van der Waals surface area contributed by atoms with Crippen LogP contribution in [0.15, 0.2) is 9.59 Å². The van der Waals surface area contributed by atoms with Gasteiger partial charge in [0.05, 0.1) is 39.8 Å². The lowest BCUT2D eigenvalue weighted by atomic mass is 10.1. The van der Waals surface area contributed by atoms with Crippen molar-refractivity contribution in [3.63, 3.8) is 0 Å². The summed E-state index contributed by atoms with van der Waals surface area (Å²) in [6.45, 7) is 7.47. The van der Waals surface area contributed by atoms with Gasteiger partial charge < -0.3 is 19.6 Å². The molecule has 4 rings (SSSR count). The maximum absolute atomic E-state index is 12.2. The third kappa shape index (κ3) is 3.41. The van der Waals surface area contributed by atoms with Crippen LogP contribution in [0.2, 0.25) is 0 Å². The molecular formula is C19H29N6O2S+. The molecule has 0 unspecified atom stereocenters. The first-order chi connectivity index (χ1) is 13.4. The van der Waals surface area contributed by atoms with E-state index in [1.807, 2.05) is 0 Å². The Bertz CT molecular complexity index is 904. The third-order valence-corrected chi connectivity index (χ3v) is 7.53. The monoisotopic (exact) mass is 405 g/mol. The Kier molecular flexibility index (Phi) is 5.13. The van der Waals surface area contributed by atoms with Crippen molar-refractivity contribution in [1.29, 1.82) is 0 Å². The molecule has 1 N–H and O–H groups in total. The second-order valence-electron chi connectivity index (χ2n) is 8.30. The van der Waals surface area contributed by atoms with Gasteiger partial charge in [0.25, 0.3) is 10.9 Å². The fourth-order valence-corrected chi connectivity index (χ4v) is 5.00. The highest BCUT2D eigenvalue weighted by Gasteiger charge is 2.31. The summed E-state index contributed by atoms with van der Waals surface area (Å²) in [5.74, 6) is 0. The summed E-state index contributed by atoms with van der Waals surface area (Å²) >= 11 is 1.48. The Hall–Kier alpha value is -2.00. The van der Waals surface area contributed by atoms with E-state index in [0.29, 0.717) is 22.5 Å². The molecule has 2 heterocycles. The van der Waals surface area contributed by atoms with E-state index < -0.39 is 10.9 Å². The topological polar surface area (TPSA) is 78.4 Å². The molecule has 2 aliphatic rings. The van der Waals surface area contributed by atoms with Crippen molar-refractivity contribution >= 4 is 33.0 Å². The molecule has 0 atom stereocenters. The van der Waals surface area contributed by atoms with Gasteiger partial charge >= 0.3 is 0 Å². The van der Waals surface area contributed by atoms with Crippen LogP contribution in [0.3, 0.4) is 0 Å². The number of likely N-dealkylation sites (N-methyl/N-ethyl adjacent to an activating group) is 1. The van der Waals surface area contributed by atoms with Crippen molar-refractivity contribution in [3.05, 3.63) is 20.4 Å². The molecular weight excluding hydrogens is 376 g/mol. The van der Waals surface area contributed by atoms with E-state index in [9.17, 15) is 9.59 Å². The summed E-state index contributed by atoms with van der Waals surface area (Å²) in [5.41, 5.74) is 0.0264. The molecule has 1 aromatic heterocycles. The van der Waals surface area contributed by atoms with Gasteiger partial charge in [-0.3, -0.25) is 9.59 Å². The van der Waals surface area contributed by atoms with E-state index in [1.54, 1.807) is 11.9 Å². The second kappa shape index (κ2) is 7.44. The summed E-state index contributed by atoms with van der Waals surface area (Å²) < 4.78 is 1.09. The molecule has 2 aromatic rings. The van der Waals surface area contributed by atoms with Crippen LogP contribution in [0, 0.1) is 0 Å². The zero-order valence-corrected chi connectivity index (χ0v) is 17.7. The van der Waals surface area contributed by atoms with Crippen molar-refractivity contribution in [3.8, 4) is 0 Å². The third-order valence-electron chi connectivity index (χ3n) is 6.47. The number of nitrogens with one attached hydrogen (secondary N) is 1. The number of piperazine rings is 1. The van der Waals surface area contributed by atoms with Crippen LogP contribution in [-0.2, 0) is 0 Å². The van der Waals surface area contributed by atoms with E-state index >= 15 is 0 Å². The number of hydrogen-bond donors (Lipinski definition) is 1. The molecule has 0 spiro atoms. The fourth-order valence-electron chi connectivity index (χ4n) is 4.13. The van der Waals surface area contributed by atoms with Crippen LogP contribution >= 0.6 is 11.3 Å². The second-order valence-corrected chi connectivity index (χ2v) is 9.24. The van der Waals surface area contributed by atoms with E-state index in [2.05, 4.69) is 34.4 Å². The number of aromatic nitrogens is 2. The minimum atomic E-state index is -0.436. The van der Waals surface area contributed by atoms with E-state index in [-0.39, 0.29) is 0 Å². The smallest absolute Gasteiger partial charge is 0.253 e. The van der Waals surface area contributed by atoms with Gasteiger partial charge in [-0.25, -0.2) is 0 Å². The quantitative estimate of drug-likeness (QED) is 0.577. The zero-order chi connectivity index (χ0) is 19.9. The van der Waals surface area contributed by atoms with Gasteiger partial charge in [0, 0.05) is 13.1 Å². The summed E-state index contributed by atoms with van der Waals surface area (Å²) in [5, 5.41) is 13.5. The average molecular weight is 406 g/mol. The van der Waals surface area contributed by atoms with Crippen LogP contribution in [0.5, 0.6) is 0 Å². The lowest BCUT2D eigenvalue weighted by Crippen LogP contribution is -2.57. The van der Waals surface area contributed by atoms with Gasteiger partial charge in [0.15, 0.2) is 0 Å². The molecule has 2 fully saturated rings. The van der Waals surface area contributed by atoms with Crippen molar-refractivity contribution in [2.24, 2.45) is 0 Å². The first kappa shape index (κ1) is 19.3. The maximum atomic E-state index is 12.2. The van der Waals surface area contributed by atoms with Gasteiger partial charge in [-0.15, -0.1) is 10.2 Å². The minimum Gasteiger partial charge on any atom is -0.377 e. The fraction of sp³-hybridized carbons (Fsp3) is 0.684.